The Balaban J connectivity index is 1.22. The van der Waals surface area contributed by atoms with Gasteiger partial charge in [-0.15, -0.1) is 0 Å². The van der Waals surface area contributed by atoms with Crippen LogP contribution in [-0.2, 0) is 19.5 Å². The van der Waals surface area contributed by atoms with Crippen molar-refractivity contribution in [3.05, 3.63) is 84.4 Å². The van der Waals surface area contributed by atoms with Gasteiger partial charge in [-0.3, -0.25) is 4.72 Å². The number of rotatable bonds is 9. The molecule has 2 aliphatic heterocycles. The van der Waals surface area contributed by atoms with Gasteiger partial charge in [0.2, 0.25) is 5.95 Å². The molecule has 2 N–H and O–H groups in total. The highest BCUT2D eigenvalue weighted by Crippen LogP contribution is 2.41. The second-order valence-electron chi connectivity index (χ2n) is 11.0. The van der Waals surface area contributed by atoms with E-state index >= 15 is 4.39 Å². The summed E-state index contributed by atoms with van der Waals surface area (Å²) in [5, 5.41) is 3.84. The molecule has 0 spiro atoms. The van der Waals surface area contributed by atoms with E-state index < -0.39 is 38.1 Å². The van der Waals surface area contributed by atoms with Crippen LogP contribution >= 0.6 is 11.3 Å². The predicted molar refractivity (Wildman–Crippen MR) is 179 cm³/mol. The Morgan fingerprint density at radius 1 is 0.796 bits per heavy atom. The van der Waals surface area contributed by atoms with Crippen molar-refractivity contribution in [3.8, 4) is 21.8 Å². The Morgan fingerprint density at radius 3 is 2.20 bits per heavy atom. The standard InChI is InChI=1S/C32H29F3N8O4S2/c33-22-6-4-20(18-26(22)41-49(44,45)30-23(34)2-1-3-24(30)35)28-29(48-32(40-28)43-12-16-47-17-13-43)25-8-9-36-31(39-25)38-21-5-7-27(37-19-21)42-10-14-46-15-11-42/h1-9,18-19,41H,10-17H2,(H,36,38,39). The third-order valence-corrected chi connectivity index (χ3v) is 10.4. The molecule has 49 heavy (non-hydrogen) atoms. The van der Waals surface area contributed by atoms with Crippen LogP contribution in [0.2, 0.25) is 0 Å². The number of thiazole rings is 1. The molecule has 2 aliphatic rings. The van der Waals surface area contributed by atoms with Crippen molar-refractivity contribution in [2.24, 2.45) is 0 Å². The Kier molecular flexibility index (Phi) is 9.31. The average Bonchev–Trinajstić information content (AvgIpc) is 3.56. The van der Waals surface area contributed by atoms with Crippen molar-refractivity contribution in [2.45, 2.75) is 4.90 Å². The molecule has 0 saturated carbocycles. The van der Waals surface area contributed by atoms with Crippen LogP contribution in [0.1, 0.15) is 0 Å². The number of sulfonamides is 1. The maximum Gasteiger partial charge on any atom is 0.267 e. The first-order valence-corrected chi connectivity index (χ1v) is 17.5. The van der Waals surface area contributed by atoms with Gasteiger partial charge in [0, 0.05) is 37.9 Å². The summed E-state index contributed by atoms with van der Waals surface area (Å²) >= 11 is 1.35. The fourth-order valence-corrected chi connectivity index (χ4v) is 7.67. The van der Waals surface area contributed by atoms with Crippen molar-refractivity contribution >= 4 is 49.6 Å². The van der Waals surface area contributed by atoms with Gasteiger partial charge in [0.25, 0.3) is 10.0 Å². The van der Waals surface area contributed by atoms with Gasteiger partial charge in [-0.25, -0.2) is 41.5 Å². The van der Waals surface area contributed by atoms with Crippen molar-refractivity contribution < 1.29 is 31.1 Å². The number of anilines is 5. The summed E-state index contributed by atoms with van der Waals surface area (Å²) in [5.41, 5.74) is 1.40. The Morgan fingerprint density at radius 2 is 1.51 bits per heavy atom. The Labute approximate surface area is 283 Å². The highest BCUT2D eigenvalue weighted by Gasteiger charge is 2.27. The lowest BCUT2D eigenvalue weighted by molar-refractivity contribution is 0.122. The van der Waals surface area contributed by atoms with Crippen molar-refractivity contribution in [1.29, 1.82) is 0 Å². The average molecular weight is 711 g/mol. The van der Waals surface area contributed by atoms with E-state index in [0.717, 1.165) is 43.2 Å². The smallest absolute Gasteiger partial charge is 0.267 e. The normalized spacial score (nSPS) is 15.3. The lowest BCUT2D eigenvalue weighted by Gasteiger charge is -2.27. The second kappa shape index (κ2) is 13.9. The molecule has 17 heteroatoms. The number of hydrogen-bond donors (Lipinski definition) is 2. The molecule has 0 unspecified atom stereocenters. The molecule has 5 aromatic rings. The highest BCUT2D eigenvalue weighted by atomic mass is 32.2. The van der Waals surface area contributed by atoms with E-state index in [1.165, 1.54) is 23.5 Å². The van der Waals surface area contributed by atoms with Crippen LogP contribution in [0, 0.1) is 17.5 Å². The minimum Gasteiger partial charge on any atom is -0.378 e. The van der Waals surface area contributed by atoms with Gasteiger partial charge in [0.05, 0.1) is 60.3 Å². The van der Waals surface area contributed by atoms with Gasteiger partial charge in [-0.1, -0.05) is 17.4 Å². The second-order valence-corrected chi connectivity index (χ2v) is 13.6. The van der Waals surface area contributed by atoms with Crippen molar-refractivity contribution in [2.75, 3.05) is 72.4 Å². The van der Waals surface area contributed by atoms with Gasteiger partial charge in [0.15, 0.2) is 10.0 Å². The van der Waals surface area contributed by atoms with E-state index in [1.54, 1.807) is 18.5 Å². The quantitative estimate of drug-likeness (QED) is 0.207. The van der Waals surface area contributed by atoms with E-state index in [1.807, 2.05) is 16.9 Å². The van der Waals surface area contributed by atoms with Gasteiger partial charge >= 0.3 is 0 Å². The lowest BCUT2D eigenvalue weighted by Crippen LogP contribution is -2.36. The van der Waals surface area contributed by atoms with Crippen LogP contribution in [0.4, 0.5) is 41.4 Å². The molecule has 254 valence electrons. The molecule has 2 aromatic carbocycles. The molecule has 0 atom stereocenters. The first-order valence-electron chi connectivity index (χ1n) is 15.2. The minimum absolute atomic E-state index is 0.296. The van der Waals surface area contributed by atoms with E-state index in [0.29, 0.717) is 78.1 Å². The maximum atomic E-state index is 15.0. The third-order valence-electron chi connectivity index (χ3n) is 7.80. The van der Waals surface area contributed by atoms with Crippen LogP contribution in [0.5, 0.6) is 0 Å². The largest absolute Gasteiger partial charge is 0.378 e. The molecule has 0 aliphatic carbocycles. The number of aromatic nitrogens is 4. The first kappa shape index (κ1) is 32.7. The van der Waals surface area contributed by atoms with Gasteiger partial charge < -0.3 is 24.6 Å². The molecule has 12 nitrogen and oxygen atoms in total. The van der Waals surface area contributed by atoms with Gasteiger partial charge in [-0.2, -0.15) is 0 Å². The van der Waals surface area contributed by atoms with Crippen molar-refractivity contribution in [1.82, 2.24) is 19.9 Å². The van der Waals surface area contributed by atoms with Crippen LogP contribution in [-0.4, -0.2) is 81.0 Å². The Bertz CT molecular complexity index is 2050. The molecule has 0 radical (unpaired) electrons. The Hall–Kier alpha value is -4.84. The van der Waals surface area contributed by atoms with E-state index in [9.17, 15) is 17.2 Å². The molecule has 0 amide bonds. The summed E-state index contributed by atoms with van der Waals surface area (Å²) < 4.78 is 82.7. The van der Waals surface area contributed by atoms with Crippen LogP contribution in [0.15, 0.2) is 71.9 Å². The van der Waals surface area contributed by atoms with E-state index in [-0.39, 0.29) is 0 Å². The minimum atomic E-state index is -4.84. The zero-order valence-corrected chi connectivity index (χ0v) is 27.4. The molecule has 3 aromatic heterocycles. The van der Waals surface area contributed by atoms with Gasteiger partial charge in [0.1, 0.15) is 23.3 Å². The molecular weight excluding hydrogens is 682 g/mol. The molecule has 0 bridgehead atoms. The number of nitrogens with one attached hydrogen (secondary N) is 2. The summed E-state index contributed by atoms with van der Waals surface area (Å²) in [6.07, 6.45) is 3.29. The third kappa shape index (κ3) is 7.15. The number of pyridine rings is 1. The molecule has 7 rings (SSSR count). The van der Waals surface area contributed by atoms with Crippen LogP contribution in [0.3, 0.4) is 0 Å². The zero-order chi connectivity index (χ0) is 34.0. The summed E-state index contributed by atoms with van der Waals surface area (Å²) in [4.78, 5) is 22.1. The molecule has 2 fully saturated rings. The summed E-state index contributed by atoms with van der Waals surface area (Å²) in [5.74, 6) is -2.43. The summed E-state index contributed by atoms with van der Waals surface area (Å²) in [7, 11) is -4.84. The number of nitrogens with zero attached hydrogens (tertiary/aromatic N) is 6. The fraction of sp³-hybridized carbons (Fsp3) is 0.250. The van der Waals surface area contributed by atoms with Crippen LogP contribution in [0.25, 0.3) is 21.8 Å². The number of ether oxygens (including phenoxy) is 2. The molecular formula is C32H29F3N8O4S2. The lowest BCUT2D eigenvalue weighted by atomic mass is 10.1. The van der Waals surface area contributed by atoms with Gasteiger partial charge in [-0.05, 0) is 48.5 Å². The number of morpholine rings is 2. The van der Waals surface area contributed by atoms with E-state index in [4.69, 9.17) is 19.4 Å². The molecule has 5 heterocycles. The number of halogens is 3. The summed E-state index contributed by atoms with van der Waals surface area (Å²) in [6, 6.07) is 11.9. The first-order chi connectivity index (χ1) is 23.7. The SMILES string of the molecule is O=S(=O)(Nc1cc(-c2nc(N3CCOCC3)sc2-c2ccnc(Nc3ccc(N4CCOCC4)nc3)n2)ccc1F)c1c(F)cccc1F. The number of hydrogen-bond acceptors (Lipinski definition) is 12. The molecule has 2 saturated heterocycles. The van der Waals surface area contributed by atoms with Crippen LogP contribution < -0.4 is 19.8 Å². The monoisotopic (exact) mass is 710 g/mol. The summed E-state index contributed by atoms with van der Waals surface area (Å²) in [6.45, 7) is 5.05. The fourth-order valence-electron chi connectivity index (χ4n) is 5.37. The van der Waals surface area contributed by atoms with E-state index in [2.05, 4.69) is 25.1 Å². The highest BCUT2D eigenvalue weighted by molar-refractivity contribution is 7.92. The zero-order valence-electron chi connectivity index (χ0n) is 25.8. The number of benzene rings is 2. The topological polar surface area (TPSA) is 135 Å². The maximum absolute atomic E-state index is 15.0. The van der Waals surface area contributed by atoms with Crippen molar-refractivity contribution in [3.63, 3.8) is 0 Å². The predicted octanol–water partition coefficient (Wildman–Crippen LogP) is 5.30.